The van der Waals surface area contributed by atoms with E-state index in [1.54, 1.807) is 0 Å². The molecule has 0 aliphatic carbocycles. The number of fused-ring (bicyclic) bond motifs is 1. The van der Waals surface area contributed by atoms with E-state index in [9.17, 15) is 0 Å². The molecule has 3 rings (SSSR count). The summed E-state index contributed by atoms with van der Waals surface area (Å²) in [6.45, 7) is 6.39. The van der Waals surface area contributed by atoms with Crippen molar-refractivity contribution in [2.24, 2.45) is 5.92 Å². The molecule has 1 aromatic heterocycles. The Morgan fingerprint density at radius 3 is 2.25 bits per heavy atom. The molecular weight excluding hydrogens is 366 g/mol. The molecule has 4 nitrogen and oxygen atoms in total. The molecule has 0 aliphatic rings. The summed E-state index contributed by atoms with van der Waals surface area (Å²) in [5, 5.41) is 8.54. The molecule has 0 unspecified atom stereocenters. The van der Waals surface area contributed by atoms with E-state index in [1.165, 1.54) is 0 Å². The minimum atomic E-state index is 0.498. The minimum Gasteiger partial charge on any atom is -0.492 e. The van der Waals surface area contributed by atoms with E-state index in [0.717, 1.165) is 27.8 Å². The summed E-state index contributed by atoms with van der Waals surface area (Å²) in [4.78, 5) is 0. The number of hydrogen-bond donors (Lipinski definition) is 1. The predicted molar refractivity (Wildman–Crippen MR) is 100 cm³/mol. The Labute approximate surface area is 150 Å². The summed E-state index contributed by atoms with van der Waals surface area (Å²) < 4.78 is 11.0. The van der Waals surface area contributed by atoms with Crippen LogP contribution < -0.4 is 10.4 Å². The topological polar surface area (TPSA) is 42.9 Å². The van der Waals surface area contributed by atoms with E-state index >= 15 is 0 Å². The molecule has 0 atom stereocenters. The first-order chi connectivity index (χ1) is 11.6. The van der Waals surface area contributed by atoms with Gasteiger partial charge in [-0.05, 0) is 42.3 Å². The van der Waals surface area contributed by atoms with Gasteiger partial charge in [-0.15, -0.1) is 0 Å². The molecule has 126 valence electrons. The molecule has 5 heteroatoms. The monoisotopic (exact) mass is 387 g/mol. The van der Waals surface area contributed by atoms with E-state index in [4.69, 9.17) is 10.1 Å². The number of benzene rings is 2. The Balaban J connectivity index is 1.82. The van der Waals surface area contributed by atoms with Crippen molar-refractivity contribution in [3.05, 3.63) is 58.6 Å². The Kier molecular flexibility index (Phi) is 5.09. The second-order valence-corrected chi connectivity index (χ2v) is 7.19. The number of rotatable bonds is 6. The molecular formula is C19H22BrN3O. The van der Waals surface area contributed by atoms with Crippen LogP contribution in [-0.2, 0) is 13.1 Å². The van der Waals surface area contributed by atoms with Crippen LogP contribution in [0.25, 0.3) is 11.0 Å². The quantitative estimate of drug-likeness (QED) is 0.668. The molecule has 0 amide bonds. The van der Waals surface area contributed by atoms with Crippen LogP contribution in [0.5, 0.6) is 5.75 Å². The second-order valence-electron chi connectivity index (χ2n) is 6.27. The third-order valence-corrected chi connectivity index (χ3v) is 4.45. The lowest BCUT2D eigenvalue weighted by Gasteiger charge is -2.08. The van der Waals surface area contributed by atoms with Crippen molar-refractivity contribution < 1.29 is 4.74 Å². The lowest BCUT2D eigenvalue weighted by molar-refractivity contribution is 0.296. The zero-order chi connectivity index (χ0) is 17.1. The summed E-state index contributed by atoms with van der Waals surface area (Å²) in [7, 11) is 0. The molecule has 0 saturated heterocycles. The average Bonchev–Trinajstić information content (AvgIpc) is 2.82. The zero-order valence-electron chi connectivity index (χ0n) is 14.0. The van der Waals surface area contributed by atoms with Crippen LogP contribution >= 0.6 is 15.9 Å². The second kappa shape index (κ2) is 7.26. The van der Waals surface area contributed by atoms with Crippen LogP contribution in [-0.4, -0.2) is 15.7 Å². The number of ether oxygens (including phenoxy) is 1. The highest BCUT2D eigenvalue weighted by atomic mass is 79.9. The van der Waals surface area contributed by atoms with Gasteiger partial charge in [-0.3, -0.25) is 5.41 Å². The maximum Gasteiger partial charge on any atom is 0.203 e. The fraction of sp³-hybridized carbons (Fsp3) is 0.316. The highest BCUT2D eigenvalue weighted by molar-refractivity contribution is 9.10. The van der Waals surface area contributed by atoms with Gasteiger partial charge in [0, 0.05) is 11.0 Å². The van der Waals surface area contributed by atoms with Crippen molar-refractivity contribution in [2.45, 2.75) is 26.9 Å². The summed E-state index contributed by atoms with van der Waals surface area (Å²) in [5.74, 6) is 1.34. The zero-order valence-corrected chi connectivity index (χ0v) is 15.6. The number of imidazole rings is 1. The van der Waals surface area contributed by atoms with Gasteiger partial charge in [-0.2, -0.15) is 0 Å². The Morgan fingerprint density at radius 2 is 1.62 bits per heavy atom. The lowest BCUT2D eigenvalue weighted by Crippen LogP contribution is -2.27. The smallest absolute Gasteiger partial charge is 0.203 e. The molecule has 0 fully saturated rings. The highest BCUT2D eigenvalue weighted by Gasteiger charge is 2.11. The fourth-order valence-electron chi connectivity index (χ4n) is 2.86. The summed E-state index contributed by atoms with van der Waals surface area (Å²) in [6, 6.07) is 16.0. The summed E-state index contributed by atoms with van der Waals surface area (Å²) in [6.07, 6.45) is 0. The number of aromatic nitrogens is 2. The number of para-hydroxylation sites is 2. The third kappa shape index (κ3) is 3.56. The Hall–Kier alpha value is -2.01. The van der Waals surface area contributed by atoms with Gasteiger partial charge in [0.15, 0.2) is 0 Å². The number of nitrogens with zero attached hydrogens (tertiary/aromatic N) is 2. The lowest BCUT2D eigenvalue weighted by atomic mass is 10.2. The van der Waals surface area contributed by atoms with Gasteiger partial charge in [-0.1, -0.05) is 41.9 Å². The van der Waals surface area contributed by atoms with Crippen molar-refractivity contribution in [3.63, 3.8) is 0 Å². The molecule has 0 saturated carbocycles. The van der Waals surface area contributed by atoms with Crippen LogP contribution in [0, 0.1) is 11.3 Å². The first-order valence-corrected chi connectivity index (χ1v) is 8.96. The minimum absolute atomic E-state index is 0.498. The van der Waals surface area contributed by atoms with E-state index < -0.39 is 0 Å². The highest BCUT2D eigenvalue weighted by Crippen LogP contribution is 2.17. The SMILES string of the molecule is CC(C)Cn1c(=N)n(CCOc2ccc(Br)cc2)c2ccccc21. The third-order valence-electron chi connectivity index (χ3n) is 3.92. The standard InChI is InChI=1S/C19H22BrN3O/c1-14(2)13-23-18-6-4-3-5-17(18)22(19(23)21)11-12-24-16-9-7-15(20)8-10-16/h3-10,14,21H,11-13H2,1-2H3. The largest absolute Gasteiger partial charge is 0.492 e. The van der Waals surface area contributed by atoms with Crippen LogP contribution in [0.4, 0.5) is 0 Å². The van der Waals surface area contributed by atoms with Crippen LogP contribution in [0.2, 0.25) is 0 Å². The molecule has 1 heterocycles. The maximum absolute atomic E-state index is 8.54. The van der Waals surface area contributed by atoms with E-state index in [0.29, 0.717) is 24.7 Å². The normalized spacial score (nSPS) is 11.3. The maximum atomic E-state index is 8.54. The Bertz CT molecular complexity index is 878. The first-order valence-electron chi connectivity index (χ1n) is 8.17. The molecule has 2 aromatic carbocycles. The average molecular weight is 388 g/mol. The van der Waals surface area contributed by atoms with Gasteiger partial charge in [0.2, 0.25) is 5.62 Å². The van der Waals surface area contributed by atoms with Gasteiger partial charge in [0.25, 0.3) is 0 Å². The number of halogens is 1. The van der Waals surface area contributed by atoms with E-state index in [2.05, 4.69) is 46.5 Å². The van der Waals surface area contributed by atoms with Gasteiger partial charge in [0.1, 0.15) is 12.4 Å². The molecule has 0 aliphatic heterocycles. The Morgan fingerprint density at radius 1 is 1.00 bits per heavy atom. The van der Waals surface area contributed by atoms with Crippen molar-refractivity contribution in [3.8, 4) is 5.75 Å². The van der Waals surface area contributed by atoms with Crippen LogP contribution in [0.3, 0.4) is 0 Å². The van der Waals surface area contributed by atoms with Gasteiger partial charge >= 0.3 is 0 Å². The van der Waals surface area contributed by atoms with Crippen LogP contribution in [0.15, 0.2) is 53.0 Å². The fourth-order valence-corrected chi connectivity index (χ4v) is 3.12. The summed E-state index contributed by atoms with van der Waals surface area (Å²) >= 11 is 3.42. The van der Waals surface area contributed by atoms with Crippen molar-refractivity contribution in [1.29, 1.82) is 5.41 Å². The molecule has 3 aromatic rings. The first kappa shape index (κ1) is 16.8. The number of nitrogens with one attached hydrogen (secondary N) is 1. The van der Waals surface area contributed by atoms with Gasteiger partial charge in [0.05, 0.1) is 17.6 Å². The molecule has 0 radical (unpaired) electrons. The van der Waals surface area contributed by atoms with Crippen molar-refractivity contribution in [2.75, 3.05) is 6.61 Å². The molecule has 24 heavy (non-hydrogen) atoms. The van der Waals surface area contributed by atoms with Gasteiger partial charge < -0.3 is 13.9 Å². The van der Waals surface area contributed by atoms with Gasteiger partial charge in [-0.25, -0.2) is 0 Å². The summed E-state index contributed by atoms with van der Waals surface area (Å²) in [5.41, 5.74) is 2.73. The molecule has 1 N–H and O–H groups in total. The molecule has 0 spiro atoms. The van der Waals surface area contributed by atoms with E-state index in [1.807, 2.05) is 41.0 Å². The number of hydrogen-bond acceptors (Lipinski definition) is 2. The van der Waals surface area contributed by atoms with Crippen molar-refractivity contribution >= 4 is 27.0 Å². The van der Waals surface area contributed by atoms with Crippen molar-refractivity contribution in [1.82, 2.24) is 9.13 Å². The van der Waals surface area contributed by atoms with Crippen LogP contribution in [0.1, 0.15) is 13.8 Å². The predicted octanol–water partition coefficient (Wildman–Crippen LogP) is 4.42. The molecule has 0 bridgehead atoms. The van der Waals surface area contributed by atoms with E-state index in [-0.39, 0.29) is 0 Å².